The van der Waals surface area contributed by atoms with E-state index in [1.807, 2.05) is 0 Å². The highest BCUT2D eigenvalue weighted by Gasteiger charge is 2.35. The number of hydrogen-bond acceptors (Lipinski definition) is 6. The number of thioether (sulfide) groups is 1. The maximum Gasteiger partial charge on any atom is 0.338 e. The summed E-state index contributed by atoms with van der Waals surface area (Å²) in [5.74, 6) is 0.286. The zero-order valence-corrected chi connectivity index (χ0v) is 20.2. The number of hydrogen-bond donors (Lipinski definition) is 0. The van der Waals surface area contributed by atoms with Gasteiger partial charge in [0.1, 0.15) is 6.04 Å². The lowest BCUT2D eigenvalue weighted by Gasteiger charge is -2.35. The Labute approximate surface area is 203 Å². The van der Waals surface area contributed by atoms with Crippen LogP contribution in [0.5, 0.6) is 0 Å². The molecule has 0 saturated heterocycles. The highest BCUT2D eigenvalue weighted by Crippen LogP contribution is 2.40. The fourth-order valence-electron chi connectivity index (χ4n) is 3.66. The van der Waals surface area contributed by atoms with Gasteiger partial charge in [-0.25, -0.2) is 18.6 Å². The molecule has 0 aromatic heterocycles. The lowest BCUT2D eigenvalue weighted by molar-refractivity contribution is -0.138. The number of anilines is 1. The minimum absolute atomic E-state index is 0.102. The fourth-order valence-corrected chi connectivity index (χ4v) is 4.82. The van der Waals surface area contributed by atoms with Crippen molar-refractivity contribution in [1.82, 2.24) is 0 Å². The van der Waals surface area contributed by atoms with Gasteiger partial charge in [-0.15, -0.1) is 0 Å². The first-order valence-electron chi connectivity index (χ1n) is 11.2. The summed E-state index contributed by atoms with van der Waals surface area (Å²) in [6.07, 6.45) is -0.648. The highest BCUT2D eigenvalue weighted by atomic mass is 32.2. The molecule has 1 aliphatic rings. The Balaban J connectivity index is 2.17. The third-order valence-electron chi connectivity index (χ3n) is 5.39. The average molecular weight is 484 g/mol. The van der Waals surface area contributed by atoms with E-state index < -0.39 is 18.4 Å². The standard InChI is InChI=1S/C26H27F2N3O2S/c1-4-6-14-34-26-30-23(19-12-10-18(16-29)11-13-19)22(25(32)33-5-2)17(3)31(26)21-9-7-8-20(15-21)24(27)28/h7-13,15,23-24H,4-6,14H2,1-3H3. The minimum Gasteiger partial charge on any atom is -0.463 e. The number of ether oxygens (including phenoxy) is 1. The van der Waals surface area contributed by atoms with Gasteiger partial charge in [-0.05, 0) is 50.1 Å². The van der Waals surface area contributed by atoms with Gasteiger partial charge in [0.2, 0.25) is 0 Å². The topological polar surface area (TPSA) is 65.7 Å². The Morgan fingerprint density at radius 3 is 2.59 bits per heavy atom. The van der Waals surface area contributed by atoms with E-state index in [9.17, 15) is 13.6 Å². The summed E-state index contributed by atoms with van der Waals surface area (Å²) in [6.45, 7) is 5.80. The summed E-state index contributed by atoms with van der Waals surface area (Å²) in [5, 5.41) is 9.78. The van der Waals surface area contributed by atoms with Crippen molar-refractivity contribution in [2.45, 2.75) is 46.1 Å². The number of rotatable bonds is 8. The number of unbranched alkanes of at least 4 members (excludes halogenated alkanes) is 1. The predicted molar refractivity (Wildman–Crippen MR) is 132 cm³/mol. The molecule has 0 bridgehead atoms. The number of carbonyl (C=O) groups is 1. The van der Waals surface area contributed by atoms with E-state index in [4.69, 9.17) is 15.0 Å². The molecule has 5 nitrogen and oxygen atoms in total. The van der Waals surface area contributed by atoms with Crippen molar-refractivity contribution < 1.29 is 18.3 Å². The van der Waals surface area contributed by atoms with Crippen LogP contribution in [0.3, 0.4) is 0 Å². The van der Waals surface area contributed by atoms with Crippen molar-refractivity contribution in [3.63, 3.8) is 0 Å². The van der Waals surface area contributed by atoms with Gasteiger partial charge < -0.3 is 4.74 Å². The number of aliphatic imine (C=N–C) groups is 1. The van der Waals surface area contributed by atoms with Gasteiger partial charge in [-0.2, -0.15) is 5.26 Å². The molecule has 0 fully saturated rings. The van der Waals surface area contributed by atoms with E-state index >= 15 is 0 Å². The monoisotopic (exact) mass is 483 g/mol. The maximum atomic E-state index is 13.4. The van der Waals surface area contributed by atoms with E-state index in [1.54, 1.807) is 55.1 Å². The second-order valence-electron chi connectivity index (χ2n) is 7.70. The zero-order chi connectivity index (χ0) is 24.7. The predicted octanol–water partition coefficient (Wildman–Crippen LogP) is 6.78. The summed E-state index contributed by atoms with van der Waals surface area (Å²) in [7, 11) is 0. The molecule has 2 aromatic rings. The van der Waals surface area contributed by atoms with E-state index in [1.165, 1.54) is 23.9 Å². The fraction of sp³-hybridized carbons (Fsp3) is 0.346. The summed E-state index contributed by atoms with van der Waals surface area (Å²) >= 11 is 1.53. The van der Waals surface area contributed by atoms with Crippen LogP contribution in [0, 0.1) is 11.3 Å². The second kappa shape index (κ2) is 11.8. The third-order valence-corrected chi connectivity index (χ3v) is 6.43. The van der Waals surface area contributed by atoms with Gasteiger partial charge in [0.05, 0.1) is 23.8 Å². The van der Waals surface area contributed by atoms with Gasteiger partial charge in [-0.1, -0.05) is 49.4 Å². The first-order chi connectivity index (χ1) is 16.4. The van der Waals surface area contributed by atoms with Crippen LogP contribution in [0.1, 0.15) is 62.8 Å². The number of nitrogens with zero attached hydrogens (tertiary/aromatic N) is 3. The quantitative estimate of drug-likeness (QED) is 0.306. The Bertz CT molecular complexity index is 1120. The molecule has 1 aliphatic heterocycles. The Morgan fingerprint density at radius 1 is 1.24 bits per heavy atom. The summed E-state index contributed by atoms with van der Waals surface area (Å²) in [5.41, 5.74) is 2.58. The first kappa shape index (κ1) is 25.4. The lowest BCUT2D eigenvalue weighted by atomic mass is 9.95. The molecular weight excluding hydrogens is 456 g/mol. The smallest absolute Gasteiger partial charge is 0.338 e. The highest BCUT2D eigenvalue weighted by molar-refractivity contribution is 8.14. The molecule has 0 spiro atoms. The molecule has 1 heterocycles. The van der Waals surface area contributed by atoms with Crippen LogP contribution < -0.4 is 4.90 Å². The first-order valence-corrected chi connectivity index (χ1v) is 12.2. The number of benzene rings is 2. The van der Waals surface area contributed by atoms with Crippen molar-refractivity contribution in [2.75, 3.05) is 17.3 Å². The number of halogens is 2. The molecule has 34 heavy (non-hydrogen) atoms. The lowest BCUT2D eigenvalue weighted by Crippen LogP contribution is -2.35. The van der Waals surface area contributed by atoms with Crippen LogP contribution in [0.4, 0.5) is 14.5 Å². The van der Waals surface area contributed by atoms with E-state index in [2.05, 4.69) is 13.0 Å². The molecule has 0 radical (unpaired) electrons. The molecule has 0 amide bonds. The van der Waals surface area contributed by atoms with Crippen LogP contribution >= 0.6 is 11.8 Å². The SMILES string of the molecule is CCCCSC1=NC(c2ccc(C#N)cc2)C(C(=O)OCC)=C(C)N1c1cccc(C(F)F)c1. The molecule has 2 aromatic carbocycles. The summed E-state index contributed by atoms with van der Waals surface area (Å²) in [4.78, 5) is 19.8. The molecule has 0 aliphatic carbocycles. The normalized spacial score (nSPS) is 15.9. The van der Waals surface area contributed by atoms with Crippen molar-refractivity contribution in [2.24, 2.45) is 4.99 Å². The van der Waals surface area contributed by atoms with E-state index in [0.717, 1.165) is 24.2 Å². The maximum absolute atomic E-state index is 13.4. The number of carbonyl (C=O) groups excluding carboxylic acids is 1. The molecule has 8 heteroatoms. The number of esters is 1. The summed E-state index contributed by atoms with van der Waals surface area (Å²) < 4.78 is 32.2. The van der Waals surface area contributed by atoms with Crippen molar-refractivity contribution in [1.29, 1.82) is 5.26 Å². The van der Waals surface area contributed by atoms with Gasteiger partial charge in [0.15, 0.2) is 5.17 Å². The number of alkyl halides is 2. The molecule has 3 rings (SSSR count). The Morgan fingerprint density at radius 2 is 1.97 bits per heavy atom. The summed E-state index contributed by atoms with van der Waals surface area (Å²) in [6, 6.07) is 14.5. The molecule has 178 valence electrons. The molecular formula is C26H27F2N3O2S. The van der Waals surface area contributed by atoms with E-state index in [0.29, 0.717) is 27.7 Å². The second-order valence-corrected chi connectivity index (χ2v) is 8.76. The molecule has 0 saturated carbocycles. The molecule has 1 atom stereocenters. The minimum atomic E-state index is -2.61. The van der Waals surface area contributed by atoms with Crippen LogP contribution in [0.25, 0.3) is 0 Å². The van der Waals surface area contributed by atoms with Gasteiger partial charge in [0.25, 0.3) is 6.43 Å². The van der Waals surface area contributed by atoms with Crippen LogP contribution in [-0.2, 0) is 9.53 Å². The van der Waals surface area contributed by atoms with Crippen LogP contribution in [-0.4, -0.2) is 23.5 Å². The van der Waals surface area contributed by atoms with Crippen LogP contribution in [0.15, 0.2) is 64.8 Å². The number of amidine groups is 1. The Hall–Kier alpha value is -3.18. The van der Waals surface area contributed by atoms with Crippen LogP contribution in [0.2, 0.25) is 0 Å². The largest absolute Gasteiger partial charge is 0.463 e. The Kier molecular flexibility index (Phi) is 8.83. The van der Waals surface area contributed by atoms with Crippen molar-refractivity contribution in [3.05, 3.63) is 76.5 Å². The molecule has 0 N–H and O–H groups in total. The number of nitriles is 1. The number of allylic oxidation sites excluding steroid dienone is 1. The zero-order valence-electron chi connectivity index (χ0n) is 19.4. The molecule has 1 unspecified atom stereocenters. The van der Waals surface area contributed by atoms with E-state index in [-0.39, 0.29) is 12.2 Å². The van der Waals surface area contributed by atoms with Crippen molar-refractivity contribution >= 4 is 28.6 Å². The average Bonchev–Trinajstić information content (AvgIpc) is 2.84. The third kappa shape index (κ3) is 5.65. The van der Waals surface area contributed by atoms with Gasteiger partial charge in [0, 0.05) is 22.7 Å². The van der Waals surface area contributed by atoms with Gasteiger partial charge >= 0.3 is 5.97 Å². The van der Waals surface area contributed by atoms with Gasteiger partial charge in [-0.3, -0.25) is 4.90 Å². The van der Waals surface area contributed by atoms with Crippen molar-refractivity contribution in [3.8, 4) is 6.07 Å².